The third-order valence-electron chi connectivity index (χ3n) is 5.65. The van der Waals surface area contributed by atoms with Gasteiger partial charge in [0.05, 0.1) is 23.0 Å². The lowest BCUT2D eigenvalue weighted by atomic mass is 10.1. The van der Waals surface area contributed by atoms with Gasteiger partial charge in [-0.05, 0) is 43.2 Å². The predicted octanol–water partition coefficient (Wildman–Crippen LogP) is 3.91. The Morgan fingerprint density at radius 1 is 1.19 bits per heavy atom. The van der Waals surface area contributed by atoms with Crippen LogP contribution in [0.15, 0.2) is 42.5 Å². The third-order valence-corrected chi connectivity index (χ3v) is 6.69. The average Bonchev–Trinajstić information content (AvgIpc) is 3.52. The largest absolute Gasteiger partial charge is 0.376 e. The van der Waals surface area contributed by atoms with Crippen LogP contribution >= 0.6 is 11.3 Å². The predicted molar refractivity (Wildman–Crippen MR) is 118 cm³/mol. The number of ether oxygens (including phenoxy) is 1. The zero-order valence-electron chi connectivity index (χ0n) is 17.1. The molecule has 3 heterocycles. The van der Waals surface area contributed by atoms with E-state index in [1.54, 1.807) is 36.4 Å². The maximum atomic E-state index is 14.2. The van der Waals surface area contributed by atoms with Crippen molar-refractivity contribution >= 4 is 50.1 Å². The molecule has 0 radical (unpaired) electrons. The minimum Gasteiger partial charge on any atom is -0.376 e. The molecule has 7 nitrogen and oxygen atoms in total. The molecular formula is C23H20FN3O4S. The smallest absolute Gasteiger partial charge is 0.260 e. The molecule has 1 unspecified atom stereocenters. The monoisotopic (exact) mass is 453 g/mol. The van der Waals surface area contributed by atoms with Gasteiger partial charge in [-0.25, -0.2) is 9.37 Å². The quantitative estimate of drug-likeness (QED) is 0.547. The number of para-hydroxylation sites is 1. The molecule has 0 saturated carbocycles. The van der Waals surface area contributed by atoms with Gasteiger partial charge in [0, 0.05) is 25.0 Å². The highest BCUT2D eigenvalue weighted by Crippen LogP contribution is 2.33. The molecule has 0 N–H and O–H groups in total. The van der Waals surface area contributed by atoms with Crippen molar-refractivity contribution in [3.05, 3.63) is 53.8 Å². The highest BCUT2D eigenvalue weighted by Gasteiger charge is 2.32. The first-order chi connectivity index (χ1) is 15.5. The minimum absolute atomic E-state index is 0.138. The number of imide groups is 1. The average molecular weight is 453 g/mol. The first-order valence-corrected chi connectivity index (χ1v) is 11.3. The number of thiazole rings is 1. The maximum absolute atomic E-state index is 14.2. The van der Waals surface area contributed by atoms with Gasteiger partial charge in [-0.15, -0.1) is 0 Å². The second-order valence-corrected chi connectivity index (χ2v) is 8.82. The summed E-state index contributed by atoms with van der Waals surface area (Å²) in [6.07, 6.45) is 1.93. The molecule has 5 rings (SSSR count). The summed E-state index contributed by atoms with van der Waals surface area (Å²) in [6, 6.07) is 11.2. The van der Waals surface area contributed by atoms with Crippen molar-refractivity contribution < 1.29 is 23.5 Å². The van der Waals surface area contributed by atoms with E-state index in [-0.39, 0.29) is 48.7 Å². The van der Waals surface area contributed by atoms with Crippen LogP contribution in [0.1, 0.15) is 36.0 Å². The van der Waals surface area contributed by atoms with Crippen molar-refractivity contribution in [2.24, 2.45) is 0 Å². The molecule has 1 aromatic heterocycles. The van der Waals surface area contributed by atoms with Crippen LogP contribution in [0.3, 0.4) is 0 Å². The van der Waals surface area contributed by atoms with E-state index < -0.39 is 5.82 Å². The lowest BCUT2D eigenvalue weighted by Crippen LogP contribution is -2.37. The molecule has 2 aliphatic heterocycles. The van der Waals surface area contributed by atoms with Crippen LogP contribution in [0.5, 0.6) is 0 Å². The summed E-state index contributed by atoms with van der Waals surface area (Å²) < 4.78 is 20.6. The van der Waals surface area contributed by atoms with Crippen molar-refractivity contribution in [3.8, 4) is 0 Å². The normalized spacial score (nSPS) is 18.7. The van der Waals surface area contributed by atoms with E-state index in [1.807, 2.05) is 0 Å². The van der Waals surface area contributed by atoms with Crippen molar-refractivity contribution in [2.45, 2.75) is 31.8 Å². The Bertz CT molecular complexity index is 1200. The molecule has 0 aliphatic carbocycles. The molecular weight excluding hydrogens is 433 g/mol. The summed E-state index contributed by atoms with van der Waals surface area (Å²) >= 11 is 1.24. The van der Waals surface area contributed by atoms with E-state index >= 15 is 0 Å². The number of hydrogen-bond donors (Lipinski definition) is 0. The van der Waals surface area contributed by atoms with Gasteiger partial charge >= 0.3 is 0 Å². The third kappa shape index (κ3) is 3.78. The molecule has 3 aromatic rings. The molecule has 164 valence electrons. The Morgan fingerprint density at radius 3 is 2.69 bits per heavy atom. The van der Waals surface area contributed by atoms with Gasteiger partial charge in [0.1, 0.15) is 11.3 Å². The summed E-state index contributed by atoms with van der Waals surface area (Å²) in [5.74, 6) is -1.35. The van der Waals surface area contributed by atoms with Crippen LogP contribution in [0, 0.1) is 5.82 Å². The molecule has 2 saturated heterocycles. The van der Waals surface area contributed by atoms with Crippen molar-refractivity contribution in [3.63, 3.8) is 0 Å². The summed E-state index contributed by atoms with van der Waals surface area (Å²) in [4.78, 5) is 44.9. The molecule has 3 amide bonds. The van der Waals surface area contributed by atoms with E-state index in [1.165, 1.54) is 22.3 Å². The zero-order valence-corrected chi connectivity index (χ0v) is 17.9. The van der Waals surface area contributed by atoms with Crippen molar-refractivity contribution in [1.82, 2.24) is 4.98 Å². The zero-order chi connectivity index (χ0) is 22.2. The summed E-state index contributed by atoms with van der Waals surface area (Å²) in [5, 5.41) is 0.379. The number of hydrogen-bond acceptors (Lipinski definition) is 6. The number of carbonyl (C=O) groups excluding carboxylic acids is 3. The van der Waals surface area contributed by atoms with E-state index in [4.69, 9.17) is 4.74 Å². The summed E-state index contributed by atoms with van der Waals surface area (Å²) in [7, 11) is 0. The Labute approximate surface area is 187 Å². The van der Waals surface area contributed by atoms with Gasteiger partial charge in [-0.1, -0.05) is 23.5 Å². The van der Waals surface area contributed by atoms with Crippen LogP contribution in [0.4, 0.5) is 15.2 Å². The Morgan fingerprint density at radius 2 is 1.97 bits per heavy atom. The minimum atomic E-state index is -0.442. The molecule has 2 aromatic carbocycles. The van der Waals surface area contributed by atoms with Gasteiger partial charge in [0.25, 0.3) is 5.91 Å². The van der Waals surface area contributed by atoms with Gasteiger partial charge in [0.2, 0.25) is 11.8 Å². The van der Waals surface area contributed by atoms with Crippen LogP contribution < -0.4 is 9.80 Å². The molecule has 9 heteroatoms. The Kier molecular flexibility index (Phi) is 5.44. The first kappa shape index (κ1) is 20.7. The molecule has 1 atom stereocenters. The fourth-order valence-electron chi connectivity index (χ4n) is 4.06. The highest BCUT2D eigenvalue weighted by atomic mass is 32.1. The summed E-state index contributed by atoms with van der Waals surface area (Å²) in [6.45, 7) is 0.919. The lowest BCUT2D eigenvalue weighted by molar-refractivity contribution is -0.121. The standard InChI is InChI=1S/C23H20FN3O4S/c24-17-7-2-8-18-21(17)25-23(32-18)26(13-16-6-3-11-31-16)22(30)14-4-1-5-15(12-14)27-19(28)9-10-20(27)29/h1-2,4-5,7-8,12,16H,3,6,9-11,13H2. The van der Waals surface area contributed by atoms with Crippen LogP contribution in [-0.4, -0.2) is 42.0 Å². The highest BCUT2D eigenvalue weighted by molar-refractivity contribution is 7.22. The van der Waals surface area contributed by atoms with Crippen LogP contribution in [0.2, 0.25) is 0 Å². The molecule has 2 fully saturated rings. The first-order valence-electron chi connectivity index (χ1n) is 10.5. The molecule has 32 heavy (non-hydrogen) atoms. The van der Waals surface area contributed by atoms with E-state index in [0.717, 1.165) is 17.7 Å². The number of anilines is 2. The van der Waals surface area contributed by atoms with E-state index in [2.05, 4.69) is 4.98 Å². The fourth-order valence-corrected chi connectivity index (χ4v) is 5.04. The van der Waals surface area contributed by atoms with E-state index in [0.29, 0.717) is 27.7 Å². The van der Waals surface area contributed by atoms with Crippen molar-refractivity contribution in [1.29, 1.82) is 0 Å². The number of carbonyl (C=O) groups is 3. The molecule has 2 aliphatic rings. The van der Waals surface area contributed by atoms with E-state index in [9.17, 15) is 18.8 Å². The van der Waals surface area contributed by atoms with Crippen LogP contribution in [0.25, 0.3) is 10.2 Å². The fraction of sp³-hybridized carbons (Fsp3) is 0.304. The summed E-state index contributed by atoms with van der Waals surface area (Å²) in [5.41, 5.74) is 0.906. The number of rotatable bonds is 5. The number of halogens is 1. The second-order valence-electron chi connectivity index (χ2n) is 7.81. The number of aromatic nitrogens is 1. The number of amides is 3. The molecule has 0 bridgehead atoms. The number of benzene rings is 2. The van der Waals surface area contributed by atoms with Gasteiger partial charge in [-0.2, -0.15) is 0 Å². The topological polar surface area (TPSA) is 79.8 Å². The number of nitrogens with zero attached hydrogens (tertiary/aromatic N) is 3. The Balaban J connectivity index is 1.51. The van der Waals surface area contributed by atoms with Gasteiger partial charge in [0.15, 0.2) is 5.13 Å². The Hall–Kier alpha value is -3.17. The maximum Gasteiger partial charge on any atom is 0.260 e. The van der Waals surface area contributed by atoms with Gasteiger partial charge < -0.3 is 4.74 Å². The van der Waals surface area contributed by atoms with Crippen molar-refractivity contribution in [2.75, 3.05) is 23.0 Å². The molecule has 0 spiro atoms. The lowest BCUT2D eigenvalue weighted by Gasteiger charge is -2.23. The van der Waals surface area contributed by atoms with Gasteiger partial charge in [-0.3, -0.25) is 24.2 Å². The second kappa shape index (κ2) is 8.40. The SMILES string of the molecule is O=C(c1cccc(N2C(=O)CCC2=O)c1)N(CC1CCCO1)c1nc2c(F)cccc2s1. The van der Waals surface area contributed by atoms with Crippen LogP contribution in [-0.2, 0) is 14.3 Å². The number of fused-ring (bicyclic) bond motifs is 1.